The van der Waals surface area contributed by atoms with Gasteiger partial charge in [-0.3, -0.25) is 0 Å². The van der Waals surface area contributed by atoms with E-state index >= 15 is 0 Å². The van der Waals surface area contributed by atoms with E-state index in [1.807, 2.05) is 23.9 Å². The Morgan fingerprint density at radius 3 is 2.67 bits per heavy atom. The van der Waals surface area contributed by atoms with E-state index in [0.717, 1.165) is 23.6 Å². The summed E-state index contributed by atoms with van der Waals surface area (Å²) in [7, 11) is 3.37. The lowest BCUT2D eigenvalue weighted by molar-refractivity contribution is 0.349. The summed E-state index contributed by atoms with van der Waals surface area (Å²) in [6.07, 6.45) is 2.52. The van der Waals surface area contributed by atoms with Gasteiger partial charge < -0.3 is 14.8 Å². The molecule has 0 bridgehead atoms. The van der Waals surface area contributed by atoms with Gasteiger partial charge in [0.1, 0.15) is 0 Å². The van der Waals surface area contributed by atoms with E-state index in [0.29, 0.717) is 6.04 Å². The quantitative estimate of drug-likeness (QED) is 0.888. The van der Waals surface area contributed by atoms with E-state index in [9.17, 15) is 0 Å². The van der Waals surface area contributed by atoms with Crippen molar-refractivity contribution in [2.45, 2.75) is 25.4 Å². The minimum Gasteiger partial charge on any atom is -0.493 e. The first-order valence-electron chi connectivity index (χ1n) is 6.36. The highest BCUT2D eigenvalue weighted by molar-refractivity contribution is 7.99. The Morgan fingerprint density at radius 1 is 1.22 bits per heavy atom. The molecule has 0 unspecified atom stereocenters. The lowest BCUT2D eigenvalue weighted by Gasteiger charge is -2.23. The van der Waals surface area contributed by atoms with E-state index in [2.05, 4.69) is 11.4 Å². The molecule has 1 heterocycles. The van der Waals surface area contributed by atoms with Crippen molar-refractivity contribution < 1.29 is 9.47 Å². The lowest BCUT2D eigenvalue weighted by atomic mass is 10.1. The van der Waals surface area contributed by atoms with Crippen LogP contribution in [-0.4, -0.2) is 31.8 Å². The van der Waals surface area contributed by atoms with Gasteiger partial charge in [0.15, 0.2) is 11.5 Å². The minimum atomic E-state index is 0.641. The third-order valence-corrected chi connectivity index (χ3v) is 4.34. The second-order valence-electron chi connectivity index (χ2n) is 4.42. The number of methoxy groups -OCH3 is 2. The van der Waals surface area contributed by atoms with Crippen LogP contribution in [0.4, 0.5) is 0 Å². The molecule has 0 amide bonds. The summed E-state index contributed by atoms with van der Waals surface area (Å²) in [5.41, 5.74) is 1.16. The number of hydrogen-bond donors (Lipinski definition) is 1. The Balaban J connectivity index is 1.99. The molecule has 0 aromatic heterocycles. The Labute approximate surface area is 113 Å². The van der Waals surface area contributed by atoms with Crippen molar-refractivity contribution in [2.24, 2.45) is 0 Å². The van der Waals surface area contributed by atoms with E-state index in [1.165, 1.54) is 24.3 Å². The Hall–Kier alpha value is -0.870. The molecule has 1 saturated heterocycles. The summed E-state index contributed by atoms with van der Waals surface area (Å²) < 4.78 is 10.8. The predicted octanol–water partition coefficient (Wildman–Crippen LogP) is 2.69. The number of ether oxygens (including phenoxy) is 2. The second kappa shape index (κ2) is 6.90. The Kier molecular flexibility index (Phi) is 5.20. The molecule has 0 atom stereocenters. The standard InChI is InChI=1S/C14H21NO2S/c1-16-13-5-3-4-11(14(13)17-2)10-15-12-6-8-18-9-7-12/h3-5,12,15H,6-10H2,1-2H3. The second-order valence-corrected chi connectivity index (χ2v) is 5.64. The fourth-order valence-electron chi connectivity index (χ4n) is 2.25. The van der Waals surface area contributed by atoms with Crippen LogP contribution in [0, 0.1) is 0 Å². The zero-order valence-corrected chi connectivity index (χ0v) is 11.9. The number of para-hydroxylation sites is 1. The molecule has 0 saturated carbocycles. The SMILES string of the molecule is COc1cccc(CNC2CCSCC2)c1OC. The fraction of sp³-hybridized carbons (Fsp3) is 0.571. The maximum absolute atomic E-state index is 5.44. The molecule has 1 fully saturated rings. The van der Waals surface area contributed by atoms with Crippen LogP contribution in [0.3, 0.4) is 0 Å². The first-order chi connectivity index (χ1) is 8.85. The molecular weight excluding hydrogens is 246 g/mol. The molecule has 0 radical (unpaired) electrons. The molecule has 1 aromatic rings. The lowest BCUT2D eigenvalue weighted by Crippen LogP contribution is -2.32. The summed E-state index contributed by atoms with van der Waals surface area (Å²) in [4.78, 5) is 0. The van der Waals surface area contributed by atoms with Gasteiger partial charge in [0.05, 0.1) is 14.2 Å². The van der Waals surface area contributed by atoms with Crippen molar-refractivity contribution in [1.82, 2.24) is 5.32 Å². The first kappa shape index (κ1) is 13.6. The fourth-order valence-corrected chi connectivity index (χ4v) is 3.36. The van der Waals surface area contributed by atoms with Crippen molar-refractivity contribution in [2.75, 3.05) is 25.7 Å². The third-order valence-electron chi connectivity index (χ3n) is 3.29. The molecular formula is C14H21NO2S. The molecule has 1 N–H and O–H groups in total. The summed E-state index contributed by atoms with van der Waals surface area (Å²) >= 11 is 2.05. The van der Waals surface area contributed by atoms with Crippen LogP contribution in [-0.2, 0) is 6.54 Å². The molecule has 0 aliphatic carbocycles. The zero-order valence-electron chi connectivity index (χ0n) is 11.1. The molecule has 1 aliphatic heterocycles. The van der Waals surface area contributed by atoms with E-state index in [1.54, 1.807) is 14.2 Å². The average Bonchev–Trinajstić information content (AvgIpc) is 2.45. The van der Waals surface area contributed by atoms with Crippen molar-refractivity contribution in [1.29, 1.82) is 0 Å². The van der Waals surface area contributed by atoms with Crippen LogP contribution in [0.5, 0.6) is 11.5 Å². The van der Waals surface area contributed by atoms with Crippen molar-refractivity contribution in [3.8, 4) is 11.5 Å². The van der Waals surface area contributed by atoms with Crippen molar-refractivity contribution >= 4 is 11.8 Å². The normalized spacial score (nSPS) is 16.6. The van der Waals surface area contributed by atoms with Gasteiger partial charge in [-0.05, 0) is 30.4 Å². The van der Waals surface area contributed by atoms with Crippen LogP contribution in [0.15, 0.2) is 18.2 Å². The summed E-state index contributed by atoms with van der Waals surface area (Å²) in [5, 5.41) is 3.62. The van der Waals surface area contributed by atoms with E-state index < -0.39 is 0 Å². The summed E-state index contributed by atoms with van der Waals surface area (Å²) in [6.45, 7) is 0.843. The van der Waals surface area contributed by atoms with Gasteiger partial charge in [-0.1, -0.05) is 12.1 Å². The van der Waals surface area contributed by atoms with Crippen LogP contribution >= 0.6 is 11.8 Å². The van der Waals surface area contributed by atoms with Crippen LogP contribution < -0.4 is 14.8 Å². The largest absolute Gasteiger partial charge is 0.493 e. The Morgan fingerprint density at radius 2 is 2.00 bits per heavy atom. The molecule has 3 nitrogen and oxygen atoms in total. The number of benzene rings is 1. The van der Waals surface area contributed by atoms with Crippen LogP contribution in [0.25, 0.3) is 0 Å². The highest BCUT2D eigenvalue weighted by Crippen LogP contribution is 2.30. The number of hydrogen-bond acceptors (Lipinski definition) is 4. The smallest absolute Gasteiger partial charge is 0.165 e. The van der Waals surface area contributed by atoms with E-state index in [4.69, 9.17) is 9.47 Å². The number of thioether (sulfide) groups is 1. The first-order valence-corrected chi connectivity index (χ1v) is 7.51. The van der Waals surface area contributed by atoms with Gasteiger partial charge in [-0.25, -0.2) is 0 Å². The van der Waals surface area contributed by atoms with Crippen molar-refractivity contribution in [3.05, 3.63) is 23.8 Å². The monoisotopic (exact) mass is 267 g/mol. The summed E-state index contributed by atoms with van der Waals surface area (Å²) in [5.74, 6) is 4.19. The summed E-state index contributed by atoms with van der Waals surface area (Å²) in [6, 6.07) is 6.67. The topological polar surface area (TPSA) is 30.5 Å². The van der Waals surface area contributed by atoms with Gasteiger partial charge in [0.2, 0.25) is 0 Å². The highest BCUT2D eigenvalue weighted by atomic mass is 32.2. The van der Waals surface area contributed by atoms with Gasteiger partial charge >= 0.3 is 0 Å². The van der Waals surface area contributed by atoms with Gasteiger partial charge in [0.25, 0.3) is 0 Å². The van der Waals surface area contributed by atoms with Gasteiger partial charge in [-0.2, -0.15) is 11.8 Å². The van der Waals surface area contributed by atoms with Crippen LogP contribution in [0.1, 0.15) is 18.4 Å². The highest BCUT2D eigenvalue weighted by Gasteiger charge is 2.15. The average molecular weight is 267 g/mol. The molecule has 1 aliphatic rings. The van der Waals surface area contributed by atoms with Gasteiger partial charge in [0, 0.05) is 18.2 Å². The third kappa shape index (κ3) is 3.33. The van der Waals surface area contributed by atoms with Crippen LogP contribution in [0.2, 0.25) is 0 Å². The van der Waals surface area contributed by atoms with Gasteiger partial charge in [-0.15, -0.1) is 0 Å². The maximum atomic E-state index is 5.44. The predicted molar refractivity (Wildman–Crippen MR) is 76.7 cm³/mol. The molecule has 4 heteroatoms. The molecule has 0 spiro atoms. The maximum Gasteiger partial charge on any atom is 0.165 e. The minimum absolute atomic E-state index is 0.641. The molecule has 100 valence electrons. The molecule has 18 heavy (non-hydrogen) atoms. The zero-order chi connectivity index (χ0) is 12.8. The van der Waals surface area contributed by atoms with Crippen molar-refractivity contribution in [3.63, 3.8) is 0 Å². The van der Waals surface area contributed by atoms with E-state index in [-0.39, 0.29) is 0 Å². The molecule has 1 aromatic carbocycles. The number of rotatable bonds is 5. The number of nitrogens with one attached hydrogen (secondary N) is 1. The Bertz CT molecular complexity index is 378. The molecule has 2 rings (SSSR count).